The van der Waals surface area contributed by atoms with Gasteiger partial charge in [0.05, 0.1) is 10.6 Å². The Bertz CT molecular complexity index is 798. The van der Waals surface area contributed by atoms with Gasteiger partial charge in [0.15, 0.2) is 0 Å². The highest BCUT2D eigenvalue weighted by molar-refractivity contribution is 7.15. The van der Waals surface area contributed by atoms with E-state index in [0.717, 1.165) is 22.8 Å². The van der Waals surface area contributed by atoms with Crippen molar-refractivity contribution >= 4 is 34.0 Å². The summed E-state index contributed by atoms with van der Waals surface area (Å²) in [5.41, 5.74) is 0.690. The number of hydrogen-bond donors (Lipinski definition) is 1. The number of benzene rings is 1. The third-order valence-electron chi connectivity index (χ3n) is 6.26. The fourth-order valence-corrected chi connectivity index (χ4v) is 6.85. The van der Waals surface area contributed by atoms with Crippen molar-refractivity contribution in [3.05, 3.63) is 39.9 Å². The van der Waals surface area contributed by atoms with E-state index in [9.17, 15) is 4.79 Å². The van der Waals surface area contributed by atoms with Gasteiger partial charge in [0.1, 0.15) is 5.01 Å². The molecule has 25 heavy (non-hydrogen) atoms. The molecule has 4 bridgehead atoms. The van der Waals surface area contributed by atoms with Crippen LogP contribution in [0.25, 0.3) is 0 Å². The number of rotatable bonds is 3. The predicted molar refractivity (Wildman–Crippen MR) is 99.2 cm³/mol. The molecule has 1 heterocycles. The molecule has 0 radical (unpaired) electrons. The van der Waals surface area contributed by atoms with Gasteiger partial charge in [-0.3, -0.25) is 10.1 Å². The lowest BCUT2D eigenvalue weighted by molar-refractivity contribution is -0.00555. The van der Waals surface area contributed by atoms with Crippen molar-refractivity contribution in [3.63, 3.8) is 0 Å². The highest BCUT2D eigenvalue weighted by Gasteiger charge is 2.53. The minimum atomic E-state index is -0.223. The van der Waals surface area contributed by atoms with E-state index in [1.807, 2.05) is 12.1 Å². The number of nitrogens with one attached hydrogen (secondary N) is 1. The second-order valence-corrected chi connectivity index (χ2v) is 9.43. The molecule has 0 spiro atoms. The highest BCUT2D eigenvalue weighted by Crippen LogP contribution is 2.61. The van der Waals surface area contributed by atoms with Gasteiger partial charge >= 0.3 is 0 Å². The summed E-state index contributed by atoms with van der Waals surface area (Å²) in [7, 11) is 0. The molecule has 4 nitrogen and oxygen atoms in total. The summed E-state index contributed by atoms with van der Waals surface area (Å²) in [4.78, 5) is 12.4. The van der Waals surface area contributed by atoms with Crippen LogP contribution in [-0.2, 0) is 5.41 Å². The van der Waals surface area contributed by atoms with E-state index in [4.69, 9.17) is 11.6 Å². The van der Waals surface area contributed by atoms with E-state index in [1.165, 1.54) is 38.5 Å². The van der Waals surface area contributed by atoms with E-state index in [2.05, 4.69) is 15.5 Å². The lowest BCUT2D eigenvalue weighted by Gasteiger charge is -2.55. The van der Waals surface area contributed by atoms with E-state index < -0.39 is 0 Å². The molecule has 1 amide bonds. The summed E-state index contributed by atoms with van der Waals surface area (Å²) in [5, 5.41) is 13.8. The molecule has 2 aromatic rings. The van der Waals surface area contributed by atoms with Crippen LogP contribution in [0, 0.1) is 17.8 Å². The number of hydrogen-bond acceptors (Lipinski definition) is 4. The van der Waals surface area contributed by atoms with E-state index in [1.54, 1.807) is 23.5 Å². The van der Waals surface area contributed by atoms with Gasteiger partial charge in [-0.1, -0.05) is 35.1 Å². The van der Waals surface area contributed by atoms with Gasteiger partial charge in [0, 0.05) is 5.41 Å². The first-order chi connectivity index (χ1) is 12.1. The fourth-order valence-electron chi connectivity index (χ4n) is 5.67. The Morgan fingerprint density at radius 2 is 1.72 bits per heavy atom. The molecule has 1 N–H and O–H groups in total. The van der Waals surface area contributed by atoms with Gasteiger partial charge in [-0.15, -0.1) is 10.2 Å². The molecular weight excluding hydrogens is 354 g/mol. The van der Waals surface area contributed by atoms with Crippen molar-refractivity contribution in [2.45, 2.75) is 43.9 Å². The monoisotopic (exact) mass is 373 g/mol. The molecule has 0 unspecified atom stereocenters. The van der Waals surface area contributed by atoms with Crippen molar-refractivity contribution in [1.29, 1.82) is 0 Å². The summed E-state index contributed by atoms with van der Waals surface area (Å²) in [6.07, 6.45) is 8.00. The van der Waals surface area contributed by atoms with Gasteiger partial charge in [-0.05, 0) is 68.4 Å². The van der Waals surface area contributed by atoms with Crippen molar-refractivity contribution in [2.75, 3.05) is 5.32 Å². The predicted octanol–water partition coefficient (Wildman–Crippen LogP) is 4.91. The quantitative estimate of drug-likeness (QED) is 0.831. The Labute approximate surface area is 156 Å². The van der Waals surface area contributed by atoms with Crippen LogP contribution in [0.3, 0.4) is 0 Å². The zero-order chi connectivity index (χ0) is 17.0. The zero-order valence-corrected chi connectivity index (χ0v) is 15.4. The van der Waals surface area contributed by atoms with E-state index in [0.29, 0.717) is 15.7 Å². The number of carbonyl (C=O) groups is 1. The standard InChI is InChI=1S/C19H20ClN3OS/c20-15-4-2-1-3-14(15)16(24)21-18-23-22-17(25-18)19-8-11-5-12(9-19)7-13(6-11)10-19/h1-4,11-13H,5-10H2,(H,21,23,24). The number of halogens is 1. The third kappa shape index (κ3) is 2.68. The average molecular weight is 374 g/mol. The molecular formula is C19H20ClN3OS. The molecule has 4 aliphatic rings. The van der Waals surface area contributed by atoms with Crippen LogP contribution < -0.4 is 5.32 Å². The van der Waals surface area contributed by atoms with Crippen molar-refractivity contribution < 1.29 is 4.79 Å². The zero-order valence-electron chi connectivity index (χ0n) is 13.9. The maximum absolute atomic E-state index is 12.4. The van der Waals surface area contributed by atoms with Gasteiger partial charge in [0.25, 0.3) is 5.91 Å². The van der Waals surface area contributed by atoms with Gasteiger partial charge in [0.2, 0.25) is 5.13 Å². The number of nitrogens with zero attached hydrogens (tertiary/aromatic N) is 2. The summed E-state index contributed by atoms with van der Waals surface area (Å²) in [6, 6.07) is 7.06. The maximum Gasteiger partial charge on any atom is 0.259 e. The lowest BCUT2D eigenvalue weighted by atomic mass is 9.50. The van der Waals surface area contributed by atoms with Crippen LogP contribution in [0.15, 0.2) is 24.3 Å². The van der Waals surface area contributed by atoms with Crippen LogP contribution in [0.1, 0.15) is 53.9 Å². The number of anilines is 1. The van der Waals surface area contributed by atoms with Crippen LogP contribution >= 0.6 is 22.9 Å². The molecule has 6 rings (SSSR count). The molecule has 4 fully saturated rings. The van der Waals surface area contributed by atoms with Crippen molar-refractivity contribution in [3.8, 4) is 0 Å². The van der Waals surface area contributed by atoms with Crippen LogP contribution in [0.4, 0.5) is 5.13 Å². The first-order valence-electron chi connectivity index (χ1n) is 9.01. The average Bonchev–Trinajstić information content (AvgIpc) is 3.03. The fraction of sp³-hybridized carbons (Fsp3) is 0.526. The molecule has 6 heteroatoms. The largest absolute Gasteiger partial charge is 0.296 e. The first kappa shape index (κ1) is 15.8. The minimum Gasteiger partial charge on any atom is -0.296 e. The van der Waals surface area contributed by atoms with Gasteiger partial charge in [-0.25, -0.2) is 0 Å². The highest BCUT2D eigenvalue weighted by atomic mass is 35.5. The Hall–Kier alpha value is -1.46. The molecule has 4 saturated carbocycles. The van der Waals surface area contributed by atoms with Crippen molar-refractivity contribution in [1.82, 2.24) is 10.2 Å². The molecule has 0 atom stereocenters. The number of amides is 1. The Kier molecular flexibility index (Phi) is 3.64. The molecule has 1 aromatic carbocycles. The topological polar surface area (TPSA) is 54.9 Å². The van der Waals surface area contributed by atoms with Crippen LogP contribution in [-0.4, -0.2) is 16.1 Å². The maximum atomic E-state index is 12.4. The minimum absolute atomic E-state index is 0.222. The summed E-state index contributed by atoms with van der Waals surface area (Å²) in [5.74, 6) is 2.39. The normalized spacial score (nSPS) is 32.8. The summed E-state index contributed by atoms with van der Waals surface area (Å²) in [6.45, 7) is 0. The van der Waals surface area contributed by atoms with E-state index >= 15 is 0 Å². The third-order valence-corrected chi connectivity index (χ3v) is 7.67. The SMILES string of the molecule is O=C(Nc1nnc(C23CC4CC(CC(C4)C2)C3)s1)c1ccccc1Cl. The Morgan fingerprint density at radius 3 is 2.36 bits per heavy atom. The smallest absolute Gasteiger partial charge is 0.259 e. The molecule has 130 valence electrons. The second kappa shape index (κ2) is 5.78. The first-order valence-corrected chi connectivity index (χ1v) is 10.2. The molecule has 1 aromatic heterocycles. The van der Waals surface area contributed by atoms with Crippen LogP contribution in [0.2, 0.25) is 5.02 Å². The summed E-state index contributed by atoms with van der Waals surface area (Å²) < 4.78 is 0. The van der Waals surface area contributed by atoms with Crippen molar-refractivity contribution in [2.24, 2.45) is 17.8 Å². The molecule has 4 aliphatic carbocycles. The van der Waals surface area contributed by atoms with E-state index in [-0.39, 0.29) is 11.3 Å². The number of carbonyl (C=O) groups excluding carboxylic acids is 1. The van der Waals surface area contributed by atoms with Crippen LogP contribution in [0.5, 0.6) is 0 Å². The molecule has 0 aliphatic heterocycles. The number of aromatic nitrogens is 2. The van der Waals surface area contributed by atoms with Gasteiger partial charge < -0.3 is 0 Å². The molecule has 0 saturated heterocycles. The van der Waals surface area contributed by atoms with Gasteiger partial charge in [-0.2, -0.15) is 0 Å². The summed E-state index contributed by atoms with van der Waals surface area (Å²) >= 11 is 7.66. The Morgan fingerprint density at radius 1 is 1.08 bits per heavy atom. The lowest BCUT2D eigenvalue weighted by Crippen LogP contribution is -2.48. The second-order valence-electron chi connectivity index (χ2n) is 8.04. The Balaban J connectivity index is 1.38.